The Bertz CT molecular complexity index is 1200. The van der Waals surface area contributed by atoms with Crippen LogP contribution in [0.15, 0.2) is 70.6 Å². The number of rotatable bonds is 10. The predicted molar refractivity (Wildman–Crippen MR) is 159 cm³/mol. The van der Waals surface area contributed by atoms with Crippen LogP contribution in [0.5, 0.6) is 11.5 Å². The first kappa shape index (κ1) is 28.0. The summed E-state index contributed by atoms with van der Waals surface area (Å²) in [5, 5.41) is 21.5. The Kier molecular flexibility index (Phi) is 9.92. The van der Waals surface area contributed by atoms with Gasteiger partial charge < -0.3 is 19.7 Å². The van der Waals surface area contributed by atoms with E-state index in [0.717, 1.165) is 99.3 Å². The van der Waals surface area contributed by atoms with E-state index in [1.807, 2.05) is 73.1 Å². The van der Waals surface area contributed by atoms with Gasteiger partial charge in [0.2, 0.25) is 0 Å². The standard InChI is InChI=1S/C32H38N4O4/c37-31-25(3-1-5-27(31)23-35-15-19-39-20-16-35)11-13-33-29-7-9-30(10-8-29)34-14-12-26-4-2-6-28(32(26)38)24-36-17-21-40-22-18-36/h1-10,13-14,37-38H,11-12,15-24H2. The molecule has 0 radical (unpaired) electrons. The summed E-state index contributed by atoms with van der Waals surface area (Å²) in [4.78, 5) is 13.7. The van der Waals surface area contributed by atoms with Gasteiger partial charge in [-0.2, -0.15) is 0 Å². The number of morpholine rings is 2. The third kappa shape index (κ3) is 7.76. The highest BCUT2D eigenvalue weighted by Gasteiger charge is 2.15. The van der Waals surface area contributed by atoms with Crippen molar-refractivity contribution < 1.29 is 19.7 Å². The van der Waals surface area contributed by atoms with Crippen molar-refractivity contribution in [1.82, 2.24) is 9.80 Å². The summed E-state index contributed by atoms with van der Waals surface area (Å²) < 4.78 is 10.8. The topological polar surface area (TPSA) is 90.1 Å². The van der Waals surface area contributed by atoms with Crippen molar-refractivity contribution in [1.29, 1.82) is 0 Å². The van der Waals surface area contributed by atoms with Gasteiger partial charge in [0.15, 0.2) is 0 Å². The number of nitrogens with zero attached hydrogens (tertiary/aromatic N) is 4. The van der Waals surface area contributed by atoms with Gasteiger partial charge in [0.1, 0.15) is 11.5 Å². The summed E-state index contributed by atoms with van der Waals surface area (Å²) >= 11 is 0. The molecule has 3 aromatic rings. The molecule has 0 saturated carbocycles. The van der Waals surface area contributed by atoms with E-state index in [9.17, 15) is 10.2 Å². The first-order chi connectivity index (χ1) is 19.7. The molecule has 210 valence electrons. The molecule has 2 aliphatic heterocycles. The van der Waals surface area contributed by atoms with Crippen LogP contribution in [0.1, 0.15) is 22.3 Å². The molecular weight excluding hydrogens is 504 g/mol. The average Bonchev–Trinajstić information content (AvgIpc) is 2.99. The maximum atomic E-state index is 10.8. The van der Waals surface area contributed by atoms with Gasteiger partial charge in [-0.25, -0.2) is 0 Å². The Morgan fingerprint density at radius 2 is 0.950 bits per heavy atom. The number of para-hydroxylation sites is 2. The molecule has 3 aromatic carbocycles. The lowest BCUT2D eigenvalue weighted by atomic mass is 10.1. The SMILES string of the molecule is Oc1c(CC=Nc2ccc(N=CCc3cccc(CN4CCOCC4)c3O)cc2)cccc1CN1CCOCC1. The number of hydrogen-bond donors (Lipinski definition) is 2. The number of aliphatic imine (C=N–C) groups is 2. The normalized spacial score (nSPS) is 17.2. The molecular formula is C32H38N4O4. The molecule has 0 aliphatic carbocycles. The molecule has 0 amide bonds. The van der Waals surface area contributed by atoms with Crippen molar-refractivity contribution in [3.8, 4) is 11.5 Å². The Morgan fingerprint density at radius 1 is 0.575 bits per heavy atom. The molecule has 5 rings (SSSR count). The van der Waals surface area contributed by atoms with E-state index in [2.05, 4.69) is 19.8 Å². The van der Waals surface area contributed by atoms with Gasteiger partial charge in [0.25, 0.3) is 0 Å². The van der Waals surface area contributed by atoms with Crippen molar-refractivity contribution in [2.45, 2.75) is 25.9 Å². The number of phenols is 2. The molecule has 0 unspecified atom stereocenters. The molecule has 8 heteroatoms. The van der Waals surface area contributed by atoms with Crippen LogP contribution in [0.4, 0.5) is 11.4 Å². The lowest BCUT2D eigenvalue weighted by molar-refractivity contribution is 0.0338. The van der Waals surface area contributed by atoms with E-state index in [1.165, 1.54) is 0 Å². The fourth-order valence-electron chi connectivity index (χ4n) is 5.00. The Labute approximate surface area is 236 Å². The van der Waals surface area contributed by atoms with Crippen LogP contribution >= 0.6 is 0 Å². The maximum absolute atomic E-state index is 10.8. The van der Waals surface area contributed by atoms with E-state index in [0.29, 0.717) is 24.3 Å². The van der Waals surface area contributed by atoms with Crippen LogP contribution in [0.2, 0.25) is 0 Å². The highest BCUT2D eigenvalue weighted by atomic mass is 16.5. The highest BCUT2D eigenvalue weighted by molar-refractivity contribution is 5.70. The fraction of sp³-hybridized carbons (Fsp3) is 0.375. The minimum absolute atomic E-state index is 0.350. The monoisotopic (exact) mass is 542 g/mol. The summed E-state index contributed by atoms with van der Waals surface area (Å²) in [5.41, 5.74) is 5.27. The van der Waals surface area contributed by atoms with E-state index in [4.69, 9.17) is 9.47 Å². The summed E-state index contributed by atoms with van der Waals surface area (Å²) in [5.74, 6) is 0.700. The van der Waals surface area contributed by atoms with Crippen LogP contribution < -0.4 is 0 Å². The van der Waals surface area contributed by atoms with Crippen LogP contribution in [-0.2, 0) is 35.4 Å². The van der Waals surface area contributed by atoms with Gasteiger partial charge in [-0.15, -0.1) is 0 Å². The Balaban J connectivity index is 1.13. The molecule has 0 spiro atoms. The molecule has 0 atom stereocenters. The number of hydrogen-bond acceptors (Lipinski definition) is 8. The van der Waals surface area contributed by atoms with Crippen molar-refractivity contribution >= 4 is 23.8 Å². The predicted octanol–water partition coefficient (Wildman–Crippen LogP) is 4.65. The average molecular weight is 543 g/mol. The minimum Gasteiger partial charge on any atom is -0.507 e. The second-order valence-corrected chi connectivity index (χ2v) is 10.2. The molecule has 8 nitrogen and oxygen atoms in total. The zero-order valence-electron chi connectivity index (χ0n) is 22.9. The largest absolute Gasteiger partial charge is 0.507 e. The number of aromatic hydroxyl groups is 2. The second kappa shape index (κ2) is 14.2. The van der Waals surface area contributed by atoms with Crippen molar-refractivity contribution in [2.24, 2.45) is 9.98 Å². The number of ether oxygens (including phenoxy) is 2. The van der Waals surface area contributed by atoms with E-state index < -0.39 is 0 Å². The van der Waals surface area contributed by atoms with Gasteiger partial charge in [-0.3, -0.25) is 19.8 Å². The van der Waals surface area contributed by atoms with E-state index >= 15 is 0 Å². The van der Waals surface area contributed by atoms with Crippen molar-refractivity contribution in [3.05, 3.63) is 82.9 Å². The lowest BCUT2D eigenvalue weighted by Gasteiger charge is -2.27. The van der Waals surface area contributed by atoms with Gasteiger partial charge in [-0.1, -0.05) is 36.4 Å². The number of phenolic OH excluding ortho intramolecular Hbond substituents is 2. The van der Waals surface area contributed by atoms with Gasteiger partial charge >= 0.3 is 0 Å². The van der Waals surface area contributed by atoms with Crippen LogP contribution in [-0.4, -0.2) is 85.0 Å². The van der Waals surface area contributed by atoms with E-state index in [1.54, 1.807) is 0 Å². The Morgan fingerprint density at radius 3 is 1.35 bits per heavy atom. The molecule has 2 aliphatic rings. The molecule has 0 aromatic heterocycles. The second-order valence-electron chi connectivity index (χ2n) is 10.2. The van der Waals surface area contributed by atoms with Crippen molar-refractivity contribution in [3.63, 3.8) is 0 Å². The van der Waals surface area contributed by atoms with Crippen LogP contribution in [0.3, 0.4) is 0 Å². The molecule has 2 heterocycles. The Hall–Kier alpha value is -3.56. The van der Waals surface area contributed by atoms with E-state index in [-0.39, 0.29) is 0 Å². The van der Waals surface area contributed by atoms with Crippen molar-refractivity contribution in [2.75, 3.05) is 52.6 Å². The highest BCUT2D eigenvalue weighted by Crippen LogP contribution is 2.26. The summed E-state index contributed by atoms with van der Waals surface area (Å²) in [6.45, 7) is 7.95. The van der Waals surface area contributed by atoms with Crippen LogP contribution in [0, 0.1) is 0 Å². The molecule has 2 saturated heterocycles. The quantitative estimate of drug-likeness (QED) is 0.363. The summed E-state index contributed by atoms with van der Waals surface area (Å²) in [7, 11) is 0. The molecule has 40 heavy (non-hydrogen) atoms. The van der Waals surface area contributed by atoms with Gasteiger partial charge in [0.05, 0.1) is 37.8 Å². The maximum Gasteiger partial charge on any atom is 0.123 e. The summed E-state index contributed by atoms with van der Waals surface area (Å²) in [6.07, 6.45) is 4.77. The number of benzene rings is 3. The third-order valence-corrected chi connectivity index (χ3v) is 7.35. The molecule has 2 fully saturated rings. The molecule has 0 bridgehead atoms. The van der Waals surface area contributed by atoms with Gasteiger partial charge in [0, 0.05) is 75.7 Å². The zero-order valence-corrected chi connectivity index (χ0v) is 22.9. The fourth-order valence-corrected chi connectivity index (χ4v) is 5.00. The minimum atomic E-state index is 0.350. The van der Waals surface area contributed by atoms with Crippen LogP contribution in [0.25, 0.3) is 0 Å². The molecule has 2 N–H and O–H groups in total. The zero-order chi connectivity index (χ0) is 27.6. The van der Waals surface area contributed by atoms with Gasteiger partial charge in [-0.05, 0) is 35.4 Å². The first-order valence-corrected chi connectivity index (χ1v) is 14.0. The first-order valence-electron chi connectivity index (χ1n) is 14.0. The summed E-state index contributed by atoms with van der Waals surface area (Å²) in [6, 6.07) is 19.5. The lowest BCUT2D eigenvalue weighted by Crippen LogP contribution is -2.35. The smallest absolute Gasteiger partial charge is 0.123 e. The third-order valence-electron chi connectivity index (χ3n) is 7.35.